The van der Waals surface area contributed by atoms with Gasteiger partial charge < -0.3 is 14.3 Å². The summed E-state index contributed by atoms with van der Waals surface area (Å²) in [6.45, 7) is 6.78. The van der Waals surface area contributed by atoms with Gasteiger partial charge >= 0.3 is 0 Å². The Hall–Kier alpha value is -2.52. The zero-order valence-corrected chi connectivity index (χ0v) is 15.4. The SMILES string of the molecule is C=CC(=O)N(C)CC(=O)N1CCN(Cc2noc(-c3cccs3)n2)CC1. The van der Waals surface area contributed by atoms with Crippen LogP contribution in [0, 0.1) is 0 Å². The van der Waals surface area contributed by atoms with Crippen molar-refractivity contribution in [2.75, 3.05) is 39.8 Å². The van der Waals surface area contributed by atoms with Gasteiger partial charge in [0.25, 0.3) is 5.89 Å². The molecule has 3 heterocycles. The monoisotopic (exact) mass is 375 g/mol. The molecule has 1 aliphatic rings. The molecule has 2 aromatic heterocycles. The van der Waals surface area contributed by atoms with Crippen LogP contribution in [0.3, 0.4) is 0 Å². The lowest BCUT2D eigenvalue weighted by atomic mass is 10.3. The number of rotatable bonds is 6. The van der Waals surface area contributed by atoms with E-state index in [9.17, 15) is 9.59 Å². The number of aromatic nitrogens is 2. The predicted molar refractivity (Wildman–Crippen MR) is 97.3 cm³/mol. The summed E-state index contributed by atoms with van der Waals surface area (Å²) in [6.07, 6.45) is 1.21. The third-order valence-corrected chi connectivity index (χ3v) is 5.07. The predicted octanol–water partition coefficient (Wildman–Crippen LogP) is 1.09. The average Bonchev–Trinajstić information content (AvgIpc) is 3.33. The normalized spacial score (nSPS) is 15.0. The van der Waals surface area contributed by atoms with Crippen LogP contribution in [0.15, 0.2) is 34.7 Å². The fourth-order valence-electron chi connectivity index (χ4n) is 2.71. The molecule has 0 aromatic carbocycles. The molecule has 0 unspecified atom stereocenters. The van der Waals surface area contributed by atoms with Crippen LogP contribution in [0.1, 0.15) is 5.82 Å². The van der Waals surface area contributed by atoms with E-state index < -0.39 is 0 Å². The van der Waals surface area contributed by atoms with E-state index in [1.807, 2.05) is 17.5 Å². The van der Waals surface area contributed by atoms with Crippen molar-refractivity contribution in [3.63, 3.8) is 0 Å². The first-order valence-electron chi connectivity index (χ1n) is 8.31. The van der Waals surface area contributed by atoms with Crippen molar-refractivity contribution in [1.29, 1.82) is 0 Å². The number of thiophene rings is 1. The molecular formula is C17H21N5O3S. The highest BCUT2D eigenvalue weighted by Crippen LogP contribution is 2.22. The molecule has 0 radical (unpaired) electrons. The molecule has 138 valence electrons. The molecule has 0 saturated carbocycles. The zero-order chi connectivity index (χ0) is 18.5. The van der Waals surface area contributed by atoms with Gasteiger partial charge in [0.1, 0.15) is 0 Å². The van der Waals surface area contributed by atoms with Crippen LogP contribution in [0.2, 0.25) is 0 Å². The second-order valence-electron chi connectivity index (χ2n) is 6.05. The molecule has 1 saturated heterocycles. The van der Waals surface area contributed by atoms with Crippen LogP contribution in [0.25, 0.3) is 10.8 Å². The summed E-state index contributed by atoms with van der Waals surface area (Å²) < 4.78 is 5.30. The van der Waals surface area contributed by atoms with Crippen molar-refractivity contribution < 1.29 is 14.1 Å². The minimum absolute atomic E-state index is 0.0538. The molecule has 1 fully saturated rings. The Morgan fingerprint density at radius 1 is 1.38 bits per heavy atom. The Kier molecular flexibility index (Phi) is 5.79. The molecule has 26 heavy (non-hydrogen) atoms. The largest absolute Gasteiger partial charge is 0.339 e. The summed E-state index contributed by atoms with van der Waals surface area (Å²) in [5.74, 6) is 0.876. The highest BCUT2D eigenvalue weighted by molar-refractivity contribution is 7.13. The molecule has 0 spiro atoms. The van der Waals surface area contributed by atoms with Gasteiger partial charge in [-0.1, -0.05) is 17.8 Å². The molecular weight excluding hydrogens is 354 g/mol. The number of piperazine rings is 1. The van der Waals surface area contributed by atoms with E-state index in [1.165, 1.54) is 11.0 Å². The second kappa shape index (κ2) is 8.24. The van der Waals surface area contributed by atoms with E-state index in [4.69, 9.17) is 4.52 Å². The third-order valence-electron chi connectivity index (χ3n) is 4.21. The van der Waals surface area contributed by atoms with E-state index in [2.05, 4.69) is 21.6 Å². The fourth-order valence-corrected chi connectivity index (χ4v) is 3.36. The van der Waals surface area contributed by atoms with Gasteiger partial charge in [0, 0.05) is 33.2 Å². The highest BCUT2D eigenvalue weighted by Gasteiger charge is 2.23. The highest BCUT2D eigenvalue weighted by atomic mass is 32.1. The number of hydrogen-bond donors (Lipinski definition) is 0. The van der Waals surface area contributed by atoms with Crippen LogP contribution in [-0.4, -0.2) is 76.4 Å². The lowest BCUT2D eigenvalue weighted by Crippen LogP contribution is -2.51. The maximum atomic E-state index is 12.3. The number of nitrogens with zero attached hydrogens (tertiary/aromatic N) is 5. The quantitative estimate of drug-likeness (QED) is 0.703. The van der Waals surface area contributed by atoms with Crippen molar-refractivity contribution in [2.45, 2.75) is 6.54 Å². The van der Waals surface area contributed by atoms with Gasteiger partial charge in [-0.25, -0.2) is 0 Å². The van der Waals surface area contributed by atoms with Crippen LogP contribution in [-0.2, 0) is 16.1 Å². The lowest BCUT2D eigenvalue weighted by Gasteiger charge is -2.34. The maximum Gasteiger partial charge on any atom is 0.268 e. The van der Waals surface area contributed by atoms with E-state index in [0.29, 0.717) is 31.3 Å². The molecule has 2 amide bonds. The number of hydrogen-bond acceptors (Lipinski definition) is 7. The Bertz CT molecular complexity index is 765. The van der Waals surface area contributed by atoms with Crippen molar-refractivity contribution >= 4 is 23.2 Å². The summed E-state index contributed by atoms with van der Waals surface area (Å²) in [5, 5.41) is 6.00. The lowest BCUT2D eigenvalue weighted by molar-refractivity contribution is -0.138. The summed E-state index contributed by atoms with van der Waals surface area (Å²) in [6, 6.07) is 3.89. The van der Waals surface area contributed by atoms with Gasteiger partial charge in [-0.15, -0.1) is 11.3 Å². The molecule has 8 nitrogen and oxygen atoms in total. The second-order valence-corrected chi connectivity index (χ2v) is 7.00. The summed E-state index contributed by atoms with van der Waals surface area (Å²) in [4.78, 5) is 34.5. The van der Waals surface area contributed by atoms with E-state index >= 15 is 0 Å². The Morgan fingerprint density at radius 2 is 2.15 bits per heavy atom. The first-order valence-corrected chi connectivity index (χ1v) is 9.19. The standard InChI is InChI=1S/C17H21N5O3S/c1-3-15(23)20(2)12-16(24)22-8-6-21(7-9-22)11-14-18-17(25-19-14)13-5-4-10-26-13/h3-5,10H,1,6-9,11-12H2,2H3. The third kappa shape index (κ3) is 4.36. The van der Waals surface area contributed by atoms with Gasteiger partial charge in [0.2, 0.25) is 11.8 Å². The minimum Gasteiger partial charge on any atom is -0.339 e. The molecule has 1 aliphatic heterocycles. The zero-order valence-electron chi connectivity index (χ0n) is 14.6. The first-order chi connectivity index (χ1) is 12.6. The van der Waals surface area contributed by atoms with Gasteiger partial charge in [0.05, 0.1) is 18.0 Å². The molecule has 0 N–H and O–H groups in total. The summed E-state index contributed by atoms with van der Waals surface area (Å²) in [5.41, 5.74) is 0. The van der Waals surface area contributed by atoms with Crippen molar-refractivity contribution in [2.24, 2.45) is 0 Å². The first kappa shape index (κ1) is 18.3. The molecule has 2 aromatic rings. The van der Waals surface area contributed by atoms with E-state index in [-0.39, 0.29) is 18.4 Å². The van der Waals surface area contributed by atoms with Crippen LogP contribution >= 0.6 is 11.3 Å². The summed E-state index contributed by atoms with van der Waals surface area (Å²) in [7, 11) is 1.60. The molecule has 9 heteroatoms. The summed E-state index contributed by atoms with van der Waals surface area (Å²) >= 11 is 1.56. The maximum absolute atomic E-state index is 12.3. The average molecular weight is 375 g/mol. The number of carbonyl (C=O) groups excluding carboxylic acids is 2. The van der Waals surface area contributed by atoms with Crippen LogP contribution in [0.4, 0.5) is 0 Å². The minimum atomic E-state index is -0.254. The Balaban J connectivity index is 1.47. The van der Waals surface area contributed by atoms with Crippen LogP contribution < -0.4 is 0 Å². The van der Waals surface area contributed by atoms with Gasteiger partial charge in [-0.2, -0.15) is 4.98 Å². The van der Waals surface area contributed by atoms with Gasteiger partial charge in [0.15, 0.2) is 5.82 Å². The van der Waals surface area contributed by atoms with Crippen molar-refractivity contribution in [3.05, 3.63) is 36.0 Å². The topological polar surface area (TPSA) is 82.8 Å². The number of likely N-dealkylation sites (N-methyl/N-ethyl adjacent to an activating group) is 1. The van der Waals surface area contributed by atoms with Crippen LogP contribution in [0.5, 0.6) is 0 Å². The van der Waals surface area contributed by atoms with Crippen molar-refractivity contribution in [1.82, 2.24) is 24.8 Å². The molecule has 0 atom stereocenters. The van der Waals surface area contributed by atoms with Gasteiger partial charge in [-0.05, 0) is 17.5 Å². The Labute approximate surface area is 155 Å². The molecule has 3 rings (SSSR count). The fraction of sp³-hybridized carbons (Fsp3) is 0.412. The molecule has 0 aliphatic carbocycles. The smallest absolute Gasteiger partial charge is 0.268 e. The Morgan fingerprint density at radius 3 is 2.81 bits per heavy atom. The van der Waals surface area contributed by atoms with Crippen molar-refractivity contribution in [3.8, 4) is 10.8 Å². The van der Waals surface area contributed by atoms with Gasteiger partial charge in [-0.3, -0.25) is 14.5 Å². The number of amides is 2. The molecule has 0 bridgehead atoms. The number of carbonyl (C=O) groups is 2. The van der Waals surface area contributed by atoms with E-state index in [1.54, 1.807) is 23.3 Å². The van der Waals surface area contributed by atoms with E-state index in [0.717, 1.165) is 18.0 Å².